The average Bonchev–Trinajstić information content (AvgIpc) is 2.75. The van der Waals surface area contributed by atoms with Crippen LogP contribution in [0, 0.1) is 0 Å². The van der Waals surface area contributed by atoms with Crippen molar-refractivity contribution in [3.05, 3.63) is 11.6 Å². The van der Waals surface area contributed by atoms with Gasteiger partial charge in [-0.1, -0.05) is 11.6 Å². The number of nitrogens with zero attached hydrogens (tertiary/aromatic N) is 3. The van der Waals surface area contributed by atoms with E-state index in [2.05, 4.69) is 25.9 Å². The fourth-order valence-electron chi connectivity index (χ4n) is 2.94. The predicted molar refractivity (Wildman–Crippen MR) is 174 cm³/mol. The number of rotatable bonds is 7. The molecule has 0 aromatic carbocycles. The Labute approximate surface area is 268 Å². The number of guanidine groups is 2. The van der Waals surface area contributed by atoms with Gasteiger partial charge in [-0.3, -0.25) is 25.9 Å². The first kappa shape index (κ1) is 41.2. The van der Waals surface area contributed by atoms with Gasteiger partial charge >= 0.3 is 24.4 Å². The smallest absolute Gasteiger partial charge is 0.417 e. The van der Waals surface area contributed by atoms with Crippen LogP contribution in [0.1, 0.15) is 110 Å². The van der Waals surface area contributed by atoms with E-state index in [0.717, 1.165) is 5.57 Å². The highest BCUT2D eigenvalue weighted by Crippen LogP contribution is 2.12. The molecule has 0 aromatic rings. The molecule has 0 unspecified atom stereocenters. The number of ether oxygens (including phenoxy) is 4. The molecule has 0 fully saturated rings. The second kappa shape index (κ2) is 17.6. The van der Waals surface area contributed by atoms with E-state index in [1.807, 2.05) is 19.9 Å². The van der Waals surface area contributed by atoms with Crippen molar-refractivity contribution in [2.75, 3.05) is 19.6 Å². The van der Waals surface area contributed by atoms with Crippen LogP contribution in [-0.2, 0) is 18.9 Å². The lowest BCUT2D eigenvalue weighted by molar-refractivity contribution is 0.0370. The van der Waals surface area contributed by atoms with Crippen LogP contribution >= 0.6 is 0 Å². The zero-order valence-electron chi connectivity index (χ0n) is 29.7. The minimum absolute atomic E-state index is 0.0293. The summed E-state index contributed by atoms with van der Waals surface area (Å²) in [5, 5.41) is 7.45. The second-order valence-electron chi connectivity index (χ2n) is 14.4. The summed E-state index contributed by atoms with van der Waals surface area (Å²) in [4.78, 5) is 60.4. The van der Waals surface area contributed by atoms with Gasteiger partial charge in [0.05, 0.1) is 6.54 Å². The van der Waals surface area contributed by atoms with Gasteiger partial charge in [0.15, 0.2) is 0 Å². The van der Waals surface area contributed by atoms with E-state index >= 15 is 0 Å². The summed E-state index contributed by atoms with van der Waals surface area (Å²) in [5.74, 6) is -0.162. The quantitative estimate of drug-likeness (QED) is 0.0963. The molecule has 0 spiro atoms. The number of aliphatic imine (C=N–C) groups is 2. The molecule has 45 heavy (non-hydrogen) atoms. The van der Waals surface area contributed by atoms with Gasteiger partial charge in [0, 0.05) is 13.1 Å². The molecule has 0 heterocycles. The first-order valence-electron chi connectivity index (χ1n) is 15.0. The molecule has 14 nitrogen and oxygen atoms in total. The highest BCUT2D eigenvalue weighted by molar-refractivity contribution is 6.02. The van der Waals surface area contributed by atoms with Crippen LogP contribution in [-0.4, -0.2) is 83.2 Å². The summed E-state index contributed by atoms with van der Waals surface area (Å²) < 4.78 is 21.5. The van der Waals surface area contributed by atoms with Crippen molar-refractivity contribution in [2.24, 2.45) is 9.98 Å². The average molecular weight is 641 g/mol. The van der Waals surface area contributed by atoms with E-state index in [1.54, 1.807) is 83.1 Å². The van der Waals surface area contributed by atoms with E-state index in [0.29, 0.717) is 12.8 Å². The van der Waals surface area contributed by atoms with Crippen LogP contribution in [0.15, 0.2) is 21.6 Å². The standard InChI is InChI=1S/C31H56N6O8/c1-21(2)17-20-37(27(41)45-31(12,13)14)23(36-26(40)44-30(9,10)11)33-19-16-15-18-32-22(34-24(38)42-28(3,4)5)35-25(39)43-29(6,7)8/h17H,15-16,18-20H2,1-14H3,(H,33,36,40)(H2,32,34,35,38,39). The molecule has 0 bridgehead atoms. The molecular weight excluding hydrogens is 584 g/mol. The van der Waals surface area contributed by atoms with Gasteiger partial charge in [0.2, 0.25) is 11.9 Å². The Morgan fingerprint density at radius 3 is 1.36 bits per heavy atom. The van der Waals surface area contributed by atoms with E-state index in [9.17, 15) is 19.2 Å². The zero-order valence-corrected chi connectivity index (χ0v) is 29.7. The minimum Gasteiger partial charge on any atom is -0.444 e. The molecule has 0 aliphatic heterocycles. The molecule has 258 valence electrons. The lowest BCUT2D eigenvalue weighted by Gasteiger charge is -2.28. The van der Waals surface area contributed by atoms with Crippen molar-refractivity contribution in [3.8, 4) is 0 Å². The van der Waals surface area contributed by atoms with Crippen molar-refractivity contribution in [3.63, 3.8) is 0 Å². The monoisotopic (exact) mass is 640 g/mol. The van der Waals surface area contributed by atoms with Gasteiger partial charge < -0.3 is 18.9 Å². The number of nitrogens with one attached hydrogen (secondary N) is 3. The van der Waals surface area contributed by atoms with Crippen LogP contribution in [0.25, 0.3) is 0 Å². The van der Waals surface area contributed by atoms with Crippen molar-refractivity contribution in [1.82, 2.24) is 20.9 Å². The molecule has 0 saturated heterocycles. The van der Waals surface area contributed by atoms with Gasteiger partial charge in [-0.2, -0.15) is 0 Å². The van der Waals surface area contributed by atoms with E-state index in [1.165, 1.54) is 4.90 Å². The number of allylic oxidation sites excluding steroid dienone is 1. The molecule has 14 heteroatoms. The van der Waals surface area contributed by atoms with Crippen molar-refractivity contribution >= 4 is 36.3 Å². The first-order chi connectivity index (χ1) is 20.3. The maximum absolute atomic E-state index is 13.1. The number of alkyl carbamates (subject to hydrolysis) is 3. The van der Waals surface area contributed by atoms with Gasteiger partial charge in [0.1, 0.15) is 22.4 Å². The minimum atomic E-state index is -0.793. The summed E-state index contributed by atoms with van der Waals surface area (Å²) in [5.41, 5.74) is -2.13. The maximum atomic E-state index is 13.1. The Balaban J connectivity index is 5.89. The molecule has 0 saturated carbocycles. The van der Waals surface area contributed by atoms with Gasteiger partial charge in [-0.25, -0.2) is 24.1 Å². The Bertz CT molecular complexity index is 1070. The lowest BCUT2D eigenvalue weighted by Crippen LogP contribution is -2.50. The SMILES string of the molecule is CC(C)=CCN(C(=O)OC(C)(C)C)C(=NCCCCN=C(NC(=O)OC(C)(C)C)NC(=O)OC(C)(C)C)NC(=O)OC(C)(C)C. The van der Waals surface area contributed by atoms with Crippen LogP contribution in [0.5, 0.6) is 0 Å². The molecule has 0 aliphatic rings. The number of hydrogen-bond acceptors (Lipinski definition) is 10. The highest BCUT2D eigenvalue weighted by atomic mass is 16.6. The number of amides is 4. The number of carbonyl (C=O) groups excluding carboxylic acids is 4. The molecule has 0 aliphatic carbocycles. The second-order valence-corrected chi connectivity index (χ2v) is 14.4. The summed E-state index contributed by atoms with van der Waals surface area (Å²) in [6.07, 6.45) is -0.300. The van der Waals surface area contributed by atoms with Crippen molar-refractivity contribution < 1.29 is 38.1 Å². The Kier molecular flexibility index (Phi) is 16.1. The van der Waals surface area contributed by atoms with Crippen molar-refractivity contribution in [1.29, 1.82) is 0 Å². The van der Waals surface area contributed by atoms with E-state index in [-0.39, 0.29) is 31.6 Å². The number of carbonyl (C=O) groups is 4. The summed E-state index contributed by atoms with van der Waals surface area (Å²) in [6, 6.07) is 0. The predicted octanol–water partition coefficient (Wildman–Crippen LogP) is 6.26. The number of unbranched alkanes of at least 4 members (excludes halogenated alkanes) is 1. The number of hydrogen-bond donors (Lipinski definition) is 3. The first-order valence-corrected chi connectivity index (χ1v) is 15.0. The Morgan fingerprint density at radius 1 is 0.600 bits per heavy atom. The third-order valence-electron chi connectivity index (χ3n) is 4.50. The van der Waals surface area contributed by atoms with Gasteiger partial charge in [-0.15, -0.1) is 0 Å². The highest BCUT2D eigenvalue weighted by Gasteiger charge is 2.28. The molecule has 0 rings (SSSR count). The zero-order chi connectivity index (χ0) is 35.2. The lowest BCUT2D eigenvalue weighted by atomic mass is 10.2. The fourth-order valence-corrected chi connectivity index (χ4v) is 2.94. The normalized spacial score (nSPS) is 12.3. The summed E-state index contributed by atoms with van der Waals surface area (Å²) in [6.45, 7) is 24.9. The third kappa shape index (κ3) is 23.2. The third-order valence-corrected chi connectivity index (χ3v) is 4.50. The van der Waals surface area contributed by atoms with Crippen LogP contribution < -0.4 is 16.0 Å². The molecule has 0 atom stereocenters. The topological polar surface area (TPSA) is 169 Å². The summed E-state index contributed by atoms with van der Waals surface area (Å²) >= 11 is 0. The van der Waals surface area contributed by atoms with Crippen LogP contribution in [0.3, 0.4) is 0 Å². The van der Waals surface area contributed by atoms with Crippen molar-refractivity contribution in [2.45, 2.75) is 132 Å². The van der Waals surface area contributed by atoms with E-state index < -0.39 is 46.8 Å². The largest absolute Gasteiger partial charge is 0.444 e. The Morgan fingerprint density at radius 2 is 0.978 bits per heavy atom. The fraction of sp³-hybridized carbons (Fsp3) is 0.742. The molecule has 4 amide bonds. The Hall–Kier alpha value is -3.84. The van der Waals surface area contributed by atoms with Crippen LogP contribution in [0.4, 0.5) is 19.2 Å². The molecule has 0 radical (unpaired) electrons. The molecule has 0 aromatic heterocycles. The van der Waals surface area contributed by atoms with E-state index in [4.69, 9.17) is 18.9 Å². The van der Waals surface area contributed by atoms with Gasteiger partial charge in [-0.05, 0) is 110 Å². The molecular formula is C31H56N6O8. The van der Waals surface area contributed by atoms with Gasteiger partial charge in [0.25, 0.3) is 0 Å². The van der Waals surface area contributed by atoms with Crippen LogP contribution in [0.2, 0.25) is 0 Å². The maximum Gasteiger partial charge on any atom is 0.417 e. The molecule has 3 N–H and O–H groups in total. The summed E-state index contributed by atoms with van der Waals surface area (Å²) in [7, 11) is 0.